The third kappa shape index (κ3) is 4.41. The van der Waals surface area contributed by atoms with Gasteiger partial charge in [-0.05, 0) is 43.9 Å². The van der Waals surface area contributed by atoms with Gasteiger partial charge in [0, 0.05) is 12.0 Å². The summed E-state index contributed by atoms with van der Waals surface area (Å²) in [5.74, 6) is 0.908. The van der Waals surface area contributed by atoms with Crippen molar-refractivity contribution in [2.75, 3.05) is 25.1 Å². The molecule has 0 saturated heterocycles. The second kappa shape index (κ2) is 8.15. The molecule has 1 aromatic rings. The summed E-state index contributed by atoms with van der Waals surface area (Å²) in [6.45, 7) is 10.1. The molecule has 0 aliphatic rings. The molecule has 0 radical (unpaired) electrons. The molecule has 114 valence electrons. The number of hydrogen-bond donors (Lipinski definition) is 2. The first-order chi connectivity index (χ1) is 9.60. The van der Waals surface area contributed by atoms with E-state index in [1.807, 2.05) is 0 Å². The van der Waals surface area contributed by atoms with Crippen LogP contribution in [0, 0.1) is 12.3 Å². The lowest BCUT2D eigenvalue weighted by atomic mass is 9.83. The van der Waals surface area contributed by atoms with Crippen LogP contribution in [0.15, 0.2) is 18.2 Å². The van der Waals surface area contributed by atoms with Crippen molar-refractivity contribution in [2.24, 2.45) is 5.41 Å². The van der Waals surface area contributed by atoms with Crippen molar-refractivity contribution in [3.63, 3.8) is 0 Å². The second-order valence-corrected chi connectivity index (χ2v) is 5.57. The van der Waals surface area contributed by atoms with E-state index in [0.29, 0.717) is 0 Å². The fourth-order valence-corrected chi connectivity index (χ4v) is 2.17. The minimum Gasteiger partial charge on any atom is -0.491 e. The molecule has 0 spiro atoms. The molecule has 0 atom stereocenters. The number of aliphatic hydroxyl groups excluding tert-OH is 1. The predicted octanol–water partition coefficient (Wildman–Crippen LogP) is 3.99. The van der Waals surface area contributed by atoms with E-state index >= 15 is 0 Å². The van der Waals surface area contributed by atoms with Gasteiger partial charge in [-0.2, -0.15) is 0 Å². The fraction of sp³-hybridized carbons (Fsp3) is 0.647. The third-order valence-electron chi connectivity index (χ3n) is 4.09. The highest BCUT2D eigenvalue weighted by Crippen LogP contribution is 2.30. The lowest BCUT2D eigenvalue weighted by Gasteiger charge is -2.30. The minimum atomic E-state index is -0.0487. The van der Waals surface area contributed by atoms with Crippen LogP contribution >= 0.6 is 0 Å². The zero-order chi connectivity index (χ0) is 15.0. The molecule has 1 aromatic carbocycles. The normalized spacial score (nSPS) is 11.4. The Labute approximate surface area is 123 Å². The van der Waals surface area contributed by atoms with Crippen molar-refractivity contribution >= 4 is 5.69 Å². The van der Waals surface area contributed by atoms with Crippen molar-refractivity contribution in [3.8, 4) is 5.75 Å². The van der Waals surface area contributed by atoms with Crippen molar-refractivity contribution in [1.82, 2.24) is 0 Å². The summed E-state index contributed by atoms with van der Waals surface area (Å²) in [6.07, 6.45) is 2.92. The Morgan fingerprint density at radius 1 is 1.20 bits per heavy atom. The highest BCUT2D eigenvalue weighted by Gasteiger charge is 2.25. The number of aryl methyl sites for hydroxylation is 1. The predicted molar refractivity (Wildman–Crippen MR) is 85.6 cm³/mol. The van der Waals surface area contributed by atoms with Gasteiger partial charge in [0.25, 0.3) is 0 Å². The third-order valence-corrected chi connectivity index (χ3v) is 4.09. The van der Waals surface area contributed by atoms with Gasteiger partial charge in [-0.15, -0.1) is 0 Å². The van der Waals surface area contributed by atoms with Gasteiger partial charge in [0.2, 0.25) is 0 Å². The van der Waals surface area contributed by atoms with E-state index in [9.17, 15) is 5.11 Å². The topological polar surface area (TPSA) is 41.5 Å². The van der Waals surface area contributed by atoms with Crippen LogP contribution in [0.25, 0.3) is 0 Å². The summed E-state index contributed by atoms with van der Waals surface area (Å²) >= 11 is 0. The summed E-state index contributed by atoms with van der Waals surface area (Å²) in [5.41, 5.74) is 2.16. The smallest absolute Gasteiger partial charge is 0.142 e. The molecule has 1 rings (SSSR count). The maximum absolute atomic E-state index is 9.64. The fourth-order valence-electron chi connectivity index (χ4n) is 2.17. The van der Waals surface area contributed by atoms with Crippen LogP contribution in [0.4, 0.5) is 5.69 Å². The van der Waals surface area contributed by atoms with Crippen molar-refractivity contribution in [2.45, 2.75) is 47.0 Å². The van der Waals surface area contributed by atoms with Crippen molar-refractivity contribution in [1.29, 1.82) is 0 Å². The zero-order valence-corrected chi connectivity index (χ0v) is 13.3. The van der Waals surface area contributed by atoms with Gasteiger partial charge in [0.15, 0.2) is 0 Å². The Hall–Kier alpha value is -1.22. The van der Waals surface area contributed by atoms with Crippen molar-refractivity contribution < 1.29 is 9.84 Å². The van der Waals surface area contributed by atoms with Gasteiger partial charge in [-0.1, -0.05) is 26.8 Å². The molecule has 2 N–H and O–H groups in total. The first kappa shape index (κ1) is 16.8. The molecule has 20 heavy (non-hydrogen) atoms. The highest BCUT2D eigenvalue weighted by atomic mass is 16.5. The Kier molecular flexibility index (Phi) is 6.86. The molecule has 0 aliphatic heterocycles. The number of ether oxygens (including phenoxy) is 1. The lowest BCUT2D eigenvalue weighted by Crippen LogP contribution is -2.32. The van der Waals surface area contributed by atoms with Crippen LogP contribution in [0.2, 0.25) is 0 Å². The van der Waals surface area contributed by atoms with E-state index in [0.717, 1.165) is 43.9 Å². The van der Waals surface area contributed by atoms with Crippen LogP contribution in [-0.2, 0) is 0 Å². The van der Waals surface area contributed by atoms with Crippen molar-refractivity contribution in [3.05, 3.63) is 23.8 Å². The first-order valence-electron chi connectivity index (χ1n) is 7.69. The number of hydrogen-bond acceptors (Lipinski definition) is 3. The molecule has 3 heteroatoms. The van der Waals surface area contributed by atoms with Crippen LogP contribution in [0.5, 0.6) is 5.75 Å². The number of nitrogens with one attached hydrogen (secondary N) is 1. The Morgan fingerprint density at radius 2 is 1.90 bits per heavy atom. The quantitative estimate of drug-likeness (QED) is 0.718. The zero-order valence-electron chi connectivity index (χ0n) is 13.3. The van der Waals surface area contributed by atoms with Gasteiger partial charge in [0.05, 0.1) is 18.9 Å². The average molecular weight is 279 g/mol. The van der Waals surface area contributed by atoms with E-state index in [4.69, 9.17) is 4.74 Å². The molecule has 0 aliphatic carbocycles. The van der Waals surface area contributed by atoms with E-state index in [1.165, 1.54) is 5.56 Å². The monoisotopic (exact) mass is 279 g/mol. The summed E-state index contributed by atoms with van der Waals surface area (Å²) < 4.78 is 5.81. The van der Waals surface area contributed by atoms with Gasteiger partial charge in [0.1, 0.15) is 5.75 Å². The van der Waals surface area contributed by atoms with Crippen LogP contribution < -0.4 is 10.1 Å². The summed E-state index contributed by atoms with van der Waals surface area (Å²) in [7, 11) is 0. The molecular weight excluding hydrogens is 250 g/mol. The average Bonchev–Trinajstić information content (AvgIpc) is 2.48. The molecular formula is C17H29NO2. The molecule has 0 amide bonds. The molecule has 3 nitrogen and oxygen atoms in total. The van der Waals surface area contributed by atoms with Gasteiger partial charge >= 0.3 is 0 Å². The van der Waals surface area contributed by atoms with Crippen LogP contribution in [0.3, 0.4) is 0 Å². The van der Waals surface area contributed by atoms with Gasteiger partial charge in [-0.3, -0.25) is 0 Å². The maximum atomic E-state index is 9.64. The standard InChI is InChI=1S/C17H29NO2/c1-5-10-20-16-11-14(4)8-9-15(16)18-12-17(6-2,7-3)13-19/h8-9,11,18-19H,5-7,10,12-13H2,1-4H3. The molecule has 0 bridgehead atoms. The number of anilines is 1. The SMILES string of the molecule is CCCOc1cc(C)ccc1NCC(CC)(CC)CO. The Balaban J connectivity index is 2.80. The van der Waals surface area contributed by atoms with E-state index in [1.54, 1.807) is 0 Å². The summed E-state index contributed by atoms with van der Waals surface area (Å²) in [4.78, 5) is 0. The second-order valence-electron chi connectivity index (χ2n) is 5.57. The lowest BCUT2D eigenvalue weighted by molar-refractivity contribution is 0.127. The van der Waals surface area contributed by atoms with Crippen LogP contribution in [0.1, 0.15) is 45.6 Å². The molecule has 0 saturated carbocycles. The van der Waals surface area contributed by atoms with E-state index in [2.05, 4.69) is 51.2 Å². The first-order valence-corrected chi connectivity index (χ1v) is 7.69. The van der Waals surface area contributed by atoms with E-state index < -0.39 is 0 Å². The highest BCUT2D eigenvalue weighted by molar-refractivity contribution is 5.57. The number of benzene rings is 1. The summed E-state index contributed by atoms with van der Waals surface area (Å²) in [5, 5.41) is 13.1. The van der Waals surface area contributed by atoms with E-state index in [-0.39, 0.29) is 12.0 Å². The van der Waals surface area contributed by atoms with Crippen LogP contribution in [-0.4, -0.2) is 24.9 Å². The van der Waals surface area contributed by atoms with Gasteiger partial charge < -0.3 is 15.2 Å². The Morgan fingerprint density at radius 3 is 2.45 bits per heavy atom. The largest absolute Gasteiger partial charge is 0.491 e. The summed E-state index contributed by atoms with van der Waals surface area (Å²) in [6, 6.07) is 6.21. The Bertz CT molecular complexity index is 392. The molecule has 0 unspecified atom stereocenters. The number of rotatable bonds is 9. The molecule has 0 fully saturated rings. The molecule has 0 heterocycles. The maximum Gasteiger partial charge on any atom is 0.142 e. The number of aliphatic hydroxyl groups is 1. The van der Waals surface area contributed by atoms with Gasteiger partial charge in [-0.25, -0.2) is 0 Å². The molecule has 0 aromatic heterocycles. The minimum absolute atomic E-state index is 0.0487.